The SMILES string of the molecule is c1ccc(-c2nc(-c3ccc(-c4ccccc4-c4cc5ccc6cccc7c8cccc9ccc%10cccc(c(c4)c5c67)c%10c98)cc3)nc(-c3cccc4ccccc34)n2)cc1. The number of fused-ring (bicyclic) bond motifs is 3. The molecule has 0 amide bonds. The van der Waals surface area contributed by atoms with Gasteiger partial charge in [-0.05, 0) is 110 Å². The lowest BCUT2D eigenvalue weighted by atomic mass is 9.85. The quantitative estimate of drug-likeness (QED) is 0.163. The highest BCUT2D eigenvalue weighted by Gasteiger charge is 2.19. The monoisotopic (exact) mass is 785 g/mol. The van der Waals surface area contributed by atoms with Gasteiger partial charge in [0.25, 0.3) is 0 Å². The first-order chi connectivity index (χ1) is 30.7. The minimum absolute atomic E-state index is 0.639. The molecule has 13 aromatic rings. The van der Waals surface area contributed by atoms with E-state index in [9.17, 15) is 0 Å². The fourth-order valence-electron chi connectivity index (χ4n) is 9.99. The molecule has 0 radical (unpaired) electrons. The Bertz CT molecular complexity index is 3900. The van der Waals surface area contributed by atoms with Gasteiger partial charge in [-0.3, -0.25) is 0 Å². The van der Waals surface area contributed by atoms with Crippen LogP contribution in [0.5, 0.6) is 0 Å². The van der Waals surface area contributed by atoms with Gasteiger partial charge in [0.05, 0.1) is 0 Å². The van der Waals surface area contributed by atoms with E-state index in [0.717, 1.165) is 33.0 Å². The number of hydrogen-bond donors (Lipinski definition) is 0. The number of nitrogens with zero attached hydrogens (tertiary/aromatic N) is 3. The van der Waals surface area contributed by atoms with Gasteiger partial charge in [-0.2, -0.15) is 0 Å². The van der Waals surface area contributed by atoms with Crippen LogP contribution >= 0.6 is 0 Å². The van der Waals surface area contributed by atoms with E-state index in [1.165, 1.54) is 81.3 Å². The van der Waals surface area contributed by atoms with Gasteiger partial charge in [0, 0.05) is 16.7 Å². The molecule has 0 saturated heterocycles. The third-order valence-electron chi connectivity index (χ3n) is 12.8. The van der Waals surface area contributed by atoms with Crippen LogP contribution in [0.25, 0.3) is 132 Å². The highest BCUT2D eigenvalue weighted by atomic mass is 15.0. The van der Waals surface area contributed by atoms with Crippen molar-refractivity contribution in [2.45, 2.75) is 0 Å². The van der Waals surface area contributed by atoms with Crippen LogP contribution in [0.1, 0.15) is 0 Å². The van der Waals surface area contributed by atoms with Crippen molar-refractivity contribution in [1.29, 1.82) is 0 Å². The van der Waals surface area contributed by atoms with Crippen molar-refractivity contribution in [2.24, 2.45) is 0 Å². The van der Waals surface area contributed by atoms with Crippen molar-refractivity contribution in [3.8, 4) is 56.4 Å². The van der Waals surface area contributed by atoms with Crippen molar-refractivity contribution >= 4 is 75.4 Å². The second-order valence-corrected chi connectivity index (χ2v) is 16.3. The van der Waals surface area contributed by atoms with Crippen LogP contribution in [0.3, 0.4) is 0 Å². The van der Waals surface area contributed by atoms with E-state index in [1.54, 1.807) is 0 Å². The van der Waals surface area contributed by atoms with Gasteiger partial charge in [0.15, 0.2) is 17.5 Å². The number of rotatable bonds is 5. The molecule has 0 aliphatic carbocycles. The number of benzene rings is 11. The average Bonchev–Trinajstić information content (AvgIpc) is 3.35. The first kappa shape index (κ1) is 34.6. The molecule has 0 unspecified atom stereocenters. The minimum Gasteiger partial charge on any atom is -0.208 e. The van der Waals surface area contributed by atoms with Gasteiger partial charge < -0.3 is 0 Å². The number of hydrogen-bond acceptors (Lipinski definition) is 3. The summed E-state index contributed by atoms with van der Waals surface area (Å²) >= 11 is 0. The molecule has 1 heterocycles. The molecule has 62 heavy (non-hydrogen) atoms. The molecule has 13 rings (SSSR count). The van der Waals surface area contributed by atoms with E-state index in [1.807, 2.05) is 18.2 Å². The molecular weight excluding hydrogens is 751 g/mol. The van der Waals surface area contributed by atoms with Crippen LogP contribution in [-0.4, -0.2) is 15.0 Å². The zero-order chi connectivity index (χ0) is 40.7. The fourth-order valence-corrected chi connectivity index (χ4v) is 9.99. The van der Waals surface area contributed by atoms with E-state index in [2.05, 4.69) is 194 Å². The molecular formula is C59H35N3. The summed E-state index contributed by atoms with van der Waals surface area (Å²) in [5.41, 5.74) is 7.53. The third kappa shape index (κ3) is 5.35. The van der Waals surface area contributed by atoms with E-state index in [4.69, 9.17) is 15.0 Å². The maximum Gasteiger partial charge on any atom is 0.164 e. The van der Waals surface area contributed by atoms with Crippen LogP contribution in [0.15, 0.2) is 212 Å². The lowest BCUT2D eigenvalue weighted by Gasteiger charge is -2.18. The molecule has 0 spiro atoms. The Kier molecular flexibility index (Phi) is 7.60. The lowest BCUT2D eigenvalue weighted by Crippen LogP contribution is -2.00. The van der Waals surface area contributed by atoms with Gasteiger partial charge in [-0.15, -0.1) is 0 Å². The summed E-state index contributed by atoms with van der Waals surface area (Å²) in [7, 11) is 0. The predicted octanol–water partition coefficient (Wildman–Crippen LogP) is 15.7. The first-order valence-corrected chi connectivity index (χ1v) is 21.2. The summed E-state index contributed by atoms with van der Waals surface area (Å²) in [6.45, 7) is 0. The maximum absolute atomic E-state index is 5.13. The van der Waals surface area contributed by atoms with Crippen LogP contribution in [0.4, 0.5) is 0 Å². The van der Waals surface area contributed by atoms with Crippen molar-refractivity contribution in [1.82, 2.24) is 15.0 Å². The van der Waals surface area contributed by atoms with Crippen molar-refractivity contribution in [3.63, 3.8) is 0 Å². The van der Waals surface area contributed by atoms with Crippen LogP contribution in [0.2, 0.25) is 0 Å². The molecule has 12 aromatic carbocycles. The lowest BCUT2D eigenvalue weighted by molar-refractivity contribution is 1.08. The molecule has 286 valence electrons. The Morgan fingerprint density at radius 3 is 1.29 bits per heavy atom. The molecule has 0 atom stereocenters. The van der Waals surface area contributed by atoms with Crippen LogP contribution in [0, 0.1) is 0 Å². The summed E-state index contributed by atoms with van der Waals surface area (Å²) < 4.78 is 0. The Morgan fingerprint density at radius 1 is 0.210 bits per heavy atom. The molecule has 3 heteroatoms. The van der Waals surface area contributed by atoms with Crippen molar-refractivity contribution in [3.05, 3.63) is 212 Å². The zero-order valence-corrected chi connectivity index (χ0v) is 33.5. The molecule has 0 fully saturated rings. The third-order valence-corrected chi connectivity index (χ3v) is 12.8. The highest BCUT2D eigenvalue weighted by Crippen LogP contribution is 2.45. The van der Waals surface area contributed by atoms with E-state index >= 15 is 0 Å². The molecule has 1 aromatic heterocycles. The molecule has 0 bridgehead atoms. The normalized spacial score (nSPS) is 11.9. The largest absolute Gasteiger partial charge is 0.208 e. The zero-order valence-electron chi connectivity index (χ0n) is 33.5. The van der Waals surface area contributed by atoms with Gasteiger partial charge >= 0.3 is 0 Å². The molecule has 0 saturated carbocycles. The summed E-state index contributed by atoms with van der Waals surface area (Å²) in [6, 6.07) is 76.7. The van der Waals surface area contributed by atoms with E-state index in [0.29, 0.717) is 17.5 Å². The molecule has 0 N–H and O–H groups in total. The van der Waals surface area contributed by atoms with Crippen LogP contribution in [-0.2, 0) is 0 Å². The maximum atomic E-state index is 5.13. The molecule has 3 nitrogen and oxygen atoms in total. The van der Waals surface area contributed by atoms with Gasteiger partial charge in [0.1, 0.15) is 0 Å². The summed E-state index contributed by atoms with van der Waals surface area (Å²) in [5.74, 6) is 1.94. The fraction of sp³-hybridized carbons (Fsp3) is 0. The minimum atomic E-state index is 0.639. The van der Waals surface area contributed by atoms with Crippen molar-refractivity contribution < 1.29 is 0 Å². The Hall–Kier alpha value is -8.27. The smallest absolute Gasteiger partial charge is 0.164 e. The van der Waals surface area contributed by atoms with Crippen molar-refractivity contribution in [2.75, 3.05) is 0 Å². The molecule has 0 aliphatic rings. The number of aromatic nitrogens is 3. The molecule has 0 aliphatic heterocycles. The second kappa shape index (κ2) is 13.6. The Morgan fingerprint density at radius 2 is 0.629 bits per heavy atom. The van der Waals surface area contributed by atoms with E-state index < -0.39 is 0 Å². The summed E-state index contributed by atoms with van der Waals surface area (Å²) in [4.78, 5) is 15.2. The van der Waals surface area contributed by atoms with Crippen LogP contribution < -0.4 is 0 Å². The summed E-state index contributed by atoms with van der Waals surface area (Å²) in [6.07, 6.45) is 0. The van der Waals surface area contributed by atoms with Gasteiger partial charge in [0.2, 0.25) is 0 Å². The Labute approximate surface area is 357 Å². The Balaban J connectivity index is 0.993. The van der Waals surface area contributed by atoms with Gasteiger partial charge in [-0.1, -0.05) is 200 Å². The first-order valence-electron chi connectivity index (χ1n) is 21.2. The average molecular weight is 786 g/mol. The summed E-state index contributed by atoms with van der Waals surface area (Å²) in [5, 5.41) is 17.6. The van der Waals surface area contributed by atoms with E-state index in [-0.39, 0.29) is 0 Å². The topological polar surface area (TPSA) is 38.7 Å². The van der Waals surface area contributed by atoms with Gasteiger partial charge in [-0.25, -0.2) is 15.0 Å². The standard InChI is InChI=1S/C59H35N3/c1-2-13-41(14-3-1)57-60-58(62-59(61-57)51-25-8-15-36-12-4-5-20-46(36)51)42-31-26-37(27-32-42)45-19-6-7-21-47(45)44-34-43-33-30-40-17-10-23-49-48-22-9-16-38-28-29-39-18-11-24-50(55(39)53(38)48)52(35-44)56(43)54(40)49/h1-35H. The second-order valence-electron chi connectivity index (χ2n) is 16.3. The predicted molar refractivity (Wildman–Crippen MR) is 261 cm³/mol. The highest BCUT2D eigenvalue weighted by molar-refractivity contribution is 6.37.